The lowest BCUT2D eigenvalue weighted by Gasteiger charge is -2.35. The van der Waals surface area contributed by atoms with Gasteiger partial charge in [-0.05, 0) is 72.5 Å². The van der Waals surface area contributed by atoms with Crippen molar-refractivity contribution in [2.24, 2.45) is 5.73 Å². The molecule has 0 unspecified atom stereocenters. The molecular formula is C15H23IN2. The molecule has 1 aromatic rings. The molecule has 0 radical (unpaired) electrons. The fourth-order valence-electron chi connectivity index (χ4n) is 2.79. The van der Waals surface area contributed by atoms with Crippen LogP contribution in [0.3, 0.4) is 0 Å². The molecule has 1 aliphatic rings. The summed E-state index contributed by atoms with van der Waals surface area (Å²) in [4.78, 5) is 2.61. The van der Waals surface area contributed by atoms with E-state index in [0.717, 1.165) is 19.1 Å². The van der Waals surface area contributed by atoms with Crippen molar-refractivity contribution >= 4 is 22.6 Å². The van der Waals surface area contributed by atoms with E-state index in [0.29, 0.717) is 6.04 Å². The summed E-state index contributed by atoms with van der Waals surface area (Å²) < 4.78 is 1.31. The standard InChI is InChI=1S/C15H23IN2/c1-2-18(15-9-7-14(17)8-10-15)11-12-3-5-13(16)6-4-12/h3-6,14-15H,2,7-11,17H2,1H3. The van der Waals surface area contributed by atoms with Gasteiger partial charge >= 0.3 is 0 Å². The maximum Gasteiger partial charge on any atom is 0.0236 e. The van der Waals surface area contributed by atoms with E-state index in [1.54, 1.807) is 0 Å². The first-order chi connectivity index (χ1) is 8.69. The van der Waals surface area contributed by atoms with E-state index in [1.165, 1.54) is 34.8 Å². The quantitative estimate of drug-likeness (QED) is 0.837. The number of nitrogens with two attached hydrogens (primary N) is 1. The highest BCUT2D eigenvalue weighted by molar-refractivity contribution is 14.1. The van der Waals surface area contributed by atoms with Crippen LogP contribution in [0.4, 0.5) is 0 Å². The minimum absolute atomic E-state index is 0.443. The second-order valence-corrected chi connectivity index (χ2v) is 6.50. The van der Waals surface area contributed by atoms with Crippen LogP contribution in [0.5, 0.6) is 0 Å². The summed E-state index contributed by atoms with van der Waals surface area (Å²) in [5, 5.41) is 0. The molecule has 0 spiro atoms. The lowest BCUT2D eigenvalue weighted by molar-refractivity contribution is 0.149. The van der Waals surface area contributed by atoms with E-state index in [-0.39, 0.29) is 0 Å². The van der Waals surface area contributed by atoms with Crippen LogP contribution < -0.4 is 5.73 Å². The fourth-order valence-corrected chi connectivity index (χ4v) is 3.15. The van der Waals surface area contributed by atoms with E-state index in [2.05, 4.69) is 58.7 Å². The first-order valence-corrected chi connectivity index (χ1v) is 8.01. The van der Waals surface area contributed by atoms with Crippen molar-refractivity contribution in [2.75, 3.05) is 6.54 Å². The van der Waals surface area contributed by atoms with Gasteiger partial charge in [0.25, 0.3) is 0 Å². The molecule has 0 amide bonds. The molecule has 100 valence electrons. The topological polar surface area (TPSA) is 29.3 Å². The third-order valence-corrected chi connectivity index (χ3v) is 4.68. The van der Waals surface area contributed by atoms with Crippen LogP contribution in [-0.4, -0.2) is 23.5 Å². The molecule has 1 aromatic carbocycles. The second-order valence-electron chi connectivity index (χ2n) is 5.26. The van der Waals surface area contributed by atoms with Gasteiger partial charge in [0.15, 0.2) is 0 Å². The second kappa shape index (κ2) is 6.87. The summed E-state index contributed by atoms with van der Waals surface area (Å²) in [5.41, 5.74) is 7.41. The van der Waals surface area contributed by atoms with Crippen molar-refractivity contribution in [3.05, 3.63) is 33.4 Å². The SMILES string of the molecule is CCN(Cc1ccc(I)cc1)C1CCC(N)CC1. The molecule has 0 atom stereocenters. The van der Waals surface area contributed by atoms with Gasteiger partial charge in [0, 0.05) is 22.2 Å². The van der Waals surface area contributed by atoms with Crippen molar-refractivity contribution in [3.63, 3.8) is 0 Å². The largest absolute Gasteiger partial charge is 0.328 e. The maximum absolute atomic E-state index is 5.99. The lowest BCUT2D eigenvalue weighted by Crippen LogP contribution is -2.40. The van der Waals surface area contributed by atoms with Crippen LogP contribution in [0, 0.1) is 3.57 Å². The predicted molar refractivity (Wildman–Crippen MR) is 85.5 cm³/mol. The third kappa shape index (κ3) is 3.93. The van der Waals surface area contributed by atoms with E-state index >= 15 is 0 Å². The molecule has 0 saturated heterocycles. The number of halogens is 1. The summed E-state index contributed by atoms with van der Waals surface area (Å²) in [6.07, 6.45) is 4.90. The Morgan fingerprint density at radius 2 is 1.78 bits per heavy atom. The number of benzene rings is 1. The van der Waals surface area contributed by atoms with Gasteiger partial charge < -0.3 is 5.73 Å². The Bertz CT molecular complexity index is 355. The van der Waals surface area contributed by atoms with Crippen molar-refractivity contribution in [3.8, 4) is 0 Å². The Hall–Kier alpha value is -0.130. The molecule has 2 N–H and O–H groups in total. The zero-order valence-electron chi connectivity index (χ0n) is 11.1. The van der Waals surface area contributed by atoms with E-state index in [1.807, 2.05) is 0 Å². The van der Waals surface area contributed by atoms with E-state index in [9.17, 15) is 0 Å². The van der Waals surface area contributed by atoms with Crippen LogP contribution in [0.25, 0.3) is 0 Å². The molecule has 1 saturated carbocycles. The molecule has 0 aliphatic heterocycles. The van der Waals surface area contributed by atoms with Gasteiger partial charge in [0.05, 0.1) is 0 Å². The van der Waals surface area contributed by atoms with Gasteiger partial charge in [-0.1, -0.05) is 19.1 Å². The third-order valence-electron chi connectivity index (χ3n) is 3.96. The Morgan fingerprint density at radius 1 is 1.17 bits per heavy atom. The molecule has 0 aromatic heterocycles. The lowest BCUT2D eigenvalue weighted by atomic mass is 9.90. The van der Waals surface area contributed by atoms with Crippen molar-refractivity contribution < 1.29 is 0 Å². The van der Waals surface area contributed by atoms with E-state index in [4.69, 9.17) is 5.73 Å². The molecule has 1 aliphatic carbocycles. The monoisotopic (exact) mass is 358 g/mol. The summed E-state index contributed by atoms with van der Waals surface area (Å²) >= 11 is 2.36. The highest BCUT2D eigenvalue weighted by Gasteiger charge is 2.23. The molecule has 2 nitrogen and oxygen atoms in total. The highest BCUT2D eigenvalue weighted by Crippen LogP contribution is 2.23. The van der Waals surface area contributed by atoms with Crippen molar-refractivity contribution in [2.45, 2.75) is 51.2 Å². The summed E-state index contributed by atoms with van der Waals surface area (Å²) in [6, 6.07) is 10.1. The first kappa shape index (κ1) is 14.3. The van der Waals surface area contributed by atoms with Gasteiger partial charge in [-0.3, -0.25) is 4.90 Å². The highest BCUT2D eigenvalue weighted by atomic mass is 127. The summed E-state index contributed by atoms with van der Waals surface area (Å²) in [7, 11) is 0. The molecule has 1 fully saturated rings. The van der Waals surface area contributed by atoms with Crippen LogP contribution in [0.1, 0.15) is 38.2 Å². The van der Waals surface area contributed by atoms with Gasteiger partial charge in [-0.2, -0.15) is 0 Å². The Kier molecular flexibility index (Phi) is 5.45. The molecular weight excluding hydrogens is 335 g/mol. The molecule has 0 heterocycles. The van der Waals surface area contributed by atoms with Gasteiger partial charge in [-0.15, -0.1) is 0 Å². The fraction of sp³-hybridized carbons (Fsp3) is 0.600. The van der Waals surface area contributed by atoms with Crippen LogP contribution in [-0.2, 0) is 6.54 Å². The van der Waals surface area contributed by atoms with Gasteiger partial charge in [0.1, 0.15) is 0 Å². The van der Waals surface area contributed by atoms with Crippen LogP contribution >= 0.6 is 22.6 Å². The van der Waals surface area contributed by atoms with Crippen molar-refractivity contribution in [1.29, 1.82) is 0 Å². The zero-order valence-corrected chi connectivity index (χ0v) is 13.3. The van der Waals surface area contributed by atoms with Crippen molar-refractivity contribution in [1.82, 2.24) is 4.90 Å². The van der Waals surface area contributed by atoms with Crippen LogP contribution in [0.2, 0.25) is 0 Å². The average molecular weight is 358 g/mol. The molecule has 0 bridgehead atoms. The number of hydrogen-bond donors (Lipinski definition) is 1. The smallest absolute Gasteiger partial charge is 0.0236 e. The normalized spacial score (nSPS) is 24.4. The maximum atomic E-state index is 5.99. The zero-order chi connectivity index (χ0) is 13.0. The minimum Gasteiger partial charge on any atom is -0.328 e. The molecule has 18 heavy (non-hydrogen) atoms. The van der Waals surface area contributed by atoms with Gasteiger partial charge in [-0.25, -0.2) is 0 Å². The molecule has 3 heteroatoms. The first-order valence-electron chi connectivity index (χ1n) is 6.93. The van der Waals surface area contributed by atoms with Crippen LogP contribution in [0.15, 0.2) is 24.3 Å². The number of hydrogen-bond acceptors (Lipinski definition) is 2. The number of nitrogens with zero attached hydrogens (tertiary/aromatic N) is 1. The summed E-state index contributed by atoms with van der Waals surface area (Å²) in [6.45, 7) is 4.47. The molecule has 2 rings (SSSR count). The Labute approximate surface area is 124 Å². The number of rotatable bonds is 4. The minimum atomic E-state index is 0.443. The van der Waals surface area contributed by atoms with Gasteiger partial charge in [0.2, 0.25) is 0 Å². The summed E-state index contributed by atoms with van der Waals surface area (Å²) in [5.74, 6) is 0. The Morgan fingerprint density at radius 3 is 2.33 bits per heavy atom. The average Bonchev–Trinajstić information content (AvgIpc) is 2.39. The van der Waals surface area contributed by atoms with E-state index < -0.39 is 0 Å². The Balaban J connectivity index is 1.94. The predicted octanol–water partition coefficient (Wildman–Crippen LogP) is 3.38.